The second-order valence-electron chi connectivity index (χ2n) is 13.2. The fraction of sp³-hybridized carbons (Fsp3) is 0.780. The molecule has 0 aliphatic carbocycles. The first kappa shape index (κ1) is 42.4. The molecule has 1 N–H and O–H groups in total. The average Bonchev–Trinajstić information content (AvgIpc) is 3.00. The monoisotopic (exact) mass is 613 g/mol. The molecule has 0 saturated carbocycles. The topological polar surface area (TPSA) is 32.3 Å². The molecule has 0 spiro atoms. The van der Waals surface area contributed by atoms with Crippen molar-refractivity contribution < 1.29 is 4.79 Å². The zero-order valence-electron chi connectivity index (χ0n) is 30.1. The van der Waals surface area contributed by atoms with E-state index in [1.54, 1.807) is 0 Å². The van der Waals surface area contributed by atoms with Crippen molar-refractivity contribution in [2.45, 2.75) is 187 Å². The summed E-state index contributed by atoms with van der Waals surface area (Å²) in [5, 5.41) is 3.35. The molecule has 256 valence electrons. The number of likely N-dealkylation sites (N-methyl/N-ethyl adjacent to an activating group) is 1. The van der Waals surface area contributed by atoms with E-state index >= 15 is 0 Å². The quantitative estimate of drug-likeness (QED) is 0.0590. The van der Waals surface area contributed by atoms with Gasteiger partial charge in [-0.05, 0) is 91.1 Å². The summed E-state index contributed by atoms with van der Waals surface area (Å²) in [5.74, 6) is 0.181. The van der Waals surface area contributed by atoms with Crippen LogP contribution in [0.15, 0.2) is 48.6 Å². The van der Waals surface area contributed by atoms with Gasteiger partial charge in [0, 0.05) is 6.04 Å². The Morgan fingerprint density at radius 3 is 1.20 bits per heavy atom. The third-order valence-corrected chi connectivity index (χ3v) is 8.33. The van der Waals surface area contributed by atoms with Crippen LogP contribution in [0.5, 0.6) is 0 Å². The van der Waals surface area contributed by atoms with Crippen LogP contribution in [0.3, 0.4) is 0 Å². The van der Waals surface area contributed by atoms with Gasteiger partial charge < -0.3 is 10.2 Å². The number of hydrogen-bond acceptors (Lipinski definition) is 2. The molecule has 0 bridgehead atoms. The minimum atomic E-state index is 0.181. The molecule has 3 heteroatoms. The Balaban J connectivity index is 3.90. The molecule has 0 aliphatic heterocycles. The molecular weight excluding hydrogens is 536 g/mol. The van der Waals surface area contributed by atoms with E-state index < -0.39 is 0 Å². The SMILES string of the molecule is CCCCCC=CCC=CCCCCCCCCC(CCCCCCCCC=CCC=CCCCCC)NC(=O)CN(C)C. The highest BCUT2D eigenvalue weighted by molar-refractivity contribution is 5.78. The average molecular weight is 613 g/mol. The Labute approximate surface area is 276 Å². The zero-order valence-corrected chi connectivity index (χ0v) is 30.1. The number of nitrogens with one attached hydrogen (secondary N) is 1. The zero-order chi connectivity index (χ0) is 32.2. The van der Waals surface area contributed by atoms with Crippen molar-refractivity contribution in [3.63, 3.8) is 0 Å². The Morgan fingerprint density at radius 1 is 0.500 bits per heavy atom. The summed E-state index contributed by atoms with van der Waals surface area (Å²) in [6, 6.07) is 0.346. The van der Waals surface area contributed by atoms with Gasteiger partial charge in [-0.15, -0.1) is 0 Å². The number of carbonyl (C=O) groups excluding carboxylic acids is 1. The minimum Gasteiger partial charge on any atom is -0.352 e. The number of nitrogens with zero attached hydrogens (tertiary/aromatic N) is 1. The lowest BCUT2D eigenvalue weighted by molar-refractivity contribution is -0.122. The summed E-state index contributed by atoms with van der Waals surface area (Å²) in [6.45, 7) is 5.01. The lowest BCUT2D eigenvalue weighted by atomic mass is 9.99. The van der Waals surface area contributed by atoms with Crippen molar-refractivity contribution in [2.24, 2.45) is 0 Å². The van der Waals surface area contributed by atoms with E-state index in [0.717, 1.165) is 25.7 Å². The molecular formula is C41H76N2O. The molecule has 0 unspecified atom stereocenters. The molecule has 3 nitrogen and oxygen atoms in total. The van der Waals surface area contributed by atoms with Gasteiger partial charge in [0.25, 0.3) is 0 Å². The van der Waals surface area contributed by atoms with E-state index in [2.05, 4.69) is 67.8 Å². The summed E-state index contributed by atoms with van der Waals surface area (Å²) in [7, 11) is 3.94. The standard InChI is InChI=1S/C41H76N2O/c1-5-7-9-11-13-15-17-19-21-23-25-27-29-31-33-35-37-40(42-41(44)39-43(3)4)38-36-34-32-30-28-26-24-22-20-18-16-14-12-10-8-6-2/h13-16,19-22,40H,5-12,17-18,23-39H2,1-4H3,(H,42,44). The molecule has 0 aromatic rings. The van der Waals surface area contributed by atoms with Crippen molar-refractivity contribution in [3.8, 4) is 0 Å². The number of amides is 1. The second kappa shape index (κ2) is 35.9. The third kappa shape index (κ3) is 34.9. The first-order chi connectivity index (χ1) is 21.6. The summed E-state index contributed by atoms with van der Waals surface area (Å²) >= 11 is 0. The summed E-state index contributed by atoms with van der Waals surface area (Å²) in [5.41, 5.74) is 0. The molecule has 0 radical (unpaired) electrons. The lowest BCUT2D eigenvalue weighted by Crippen LogP contribution is -2.40. The Hall–Kier alpha value is -1.61. The van der Waals surface area contributed by atoms with Gasteiger partial charge in [0.05, 0.1) is 6.54 Å². The highest BCUT2D eigenvalue weighted by atomic mass is 16.2. The predicted molar refractivity (Wildman–Crippen MR) is 198 cm³/mol. The first-order valence-corrected chi connectivity index (χ1v) is 19.1. The van der Waals surface area contributed by atoms with Gasteiger partial charge >= 0.3 is 0 Å². The van der Waals surface area contributed by atoms with Crippen LogP contribution in [0.25, 0.3) is 0 Å². The van der Waals surface area contributed by atoms with Crippen LogP contribution in [0.4, 0.5) is 0 Å². The number of carbonyl (C=O) groups is 1. The normalized spacial score (nSPS) is 13.0. The van der Waals surface area contributed by atoms with Crippen LogP contribution >= 0.6 is 0 Å². The molecule has 0 atom stereocenters. The van der Waals surface area contributed by atoms with Crippen LogP contribution in [0.1, 0.15) is 181 Å². The van der Waals surface area contributed by atoms with Crippen LogP contribution in [-0.2, 0) is 4.79 Å². The number of allylic oxidation sites excluding steroid dienone is 8. The maximum atomic E-state index is 12.4. The van der Waals surface area contributed by atoms with E-state index in [-0.39, 0.29) is 5.91 Å². The van der Waals surface area contributed by atoms with Gasteiger partial charge in [-0.1, -0.05) is 152 Å². The van der Waals surface area contributed by atoms with Crippen LogP contribution in [-0.4, -0.2) is 37.5 Å². The Bertz CT molecular complexity index is 657. The lowest BCUT2D eigenvalue weighted by Gasteiger charge is -2.20. The van der Waals surface area contributed by atoms with Gasteiger partial charge in [-0.25, -0.2) is 0 Å². The van der Waals surface area contributed by atoms with E-state index in [1.165, 1.54) is 141 Å². The Kier molecular flexibility index (Phi) is 34.6. The fourth-order valence-electron chi connectivity index (χ4n) is 5.61. The summed E-state index contributed by atoms with van der Waals surface area (Å²) in [4.78, 5) is 14.4. The van der Waals surface area contributed by atoms with E-state index in [4.69, 9.17) is 0 Å². The minimum absolute atomic E-state index is 0.181. The molecule has 0 aromatic carbocycles. The van der Waals surface area contributed by atoms with Crippen molar-refractivity contribution in [1.29, 1.82) is 0 Å². The number of unbranched alkanes of at least 4 members (excludes halogenated alkanes) is 18. The van der Waals surface area contributed by atoms with Crippen molar-refractivity contribution in [1.82, 2.24) is 10.2 Å². The summed E-state index contributed by atoms with van der Waals surface area (Å²) < 4.78 is 0. The van der Waals surface area contributed by atoms with Crippen LogP contribution in [0, 0.1) is 0 Å². The molecule has 0 saturated heterocycles. The van der Waals surface area contributed by atoms with Gasteiger partial charge in [0.1, 0.15) is 0 Å². The van der Waals surface area contributed by atoms with Crippen LogP contribution in [0.2, 0.25) is 0 Å². The number of rotatable bonds is 33. The Morgan fingerprint density at radius 2 is 0.841 bits per heavy atom. The largest absolute Gasteiger partial charge is 0.352 e. The second-order valence-corrected chi connectivity index (χ2v) is 13.2. The summed E-state index contributed by atoms with van der Waals surface area (Å²) in [6.07, 6.45) is 51.8. The van der Waals surface area contributed by atoms with Crippen molar-refractivity contribution in [2.75, 3.05) is 20.6 Å². The van der Waals surface area contributed by atoms with E-state index in [9.17, 15) is 4.79 Å². The molecule has 0 rings (SSSR count). The van der Waals surface area contributed by atoms with Crippen molar-refractivity contribution >= 4 is 5.91 Å². The van der Waals surface area contributed by atoms with Gasteiger partial charge in [0.15, 0.2) is 0 Å². The maximum Gasteiger partial charge on any atom is 0.234 e. The molecule has 1 amide bonds. The maximum absolute atomic E-state index is 12.4. The van der Waals surface area contributed by atoms with E-state index in [0.29, 0.717) is 12.6 Å². The highest BCUT2D eigenvalue weighted by Gasteiger charge is 2.12. The van der Waals surface area contributed by atoms with Gasteiger partial charge in [-0.3, -0.25) is 4.79 Å². The molecule has 0 aromatic heterocycles. The predicted octanol–water partition coefficient (Wildman–Crippen LogP) is 12.4. The molecule has 0 heterocycles. The molecule has 0 fully saturated rings. The first-order valence-electron chi connectivity index (χ1n) is 19.1. The van der Waals surface area contributed by atoms with Crippen LogP contribution < -0.4 is 5.32 Å². The molecule has 44 heavy (non-hydrogen) atoms. The third-order valence-electron chi connectivity index (χ3n) is 8.33. The number of hydrogen-bond donors (Lipinski definition) is 1. The van der Waals surface area contributed by atoms with Crippen molar-refractivity contribution in [3.05, 3.63) is 48.6 Å². The van der Waals surface area contributed by atoms with Gasteiger partial charge in [0.2, 0.25) is 5.91 Å². The van der Waals surface area contributed by atoms with Gasteiger partial charge in [-0.2, -0.15) is 0 Å². The molecule has 0 aliphatic rings. The smallest absolute Gasteiger partial charge is 0.234 e. The fourth-order valence-corrected chi connectivity index (χ4v) is 5.61. The highest BCUT2D eigenvalue weighted by Crippen LogP contribution is 2.15. The van der Waals surface area contributed by atoms with E-state index in [1.807, 2.05) is 19.0 Å².